The van der Waals surface area contributed by atoms with E-state index in [1.54, 1.807) is 31.2 Å². The number of carbonyl (C=O) groups is 1. The molecule has 1 rings (SSSR count). The van der Waals surface area contributed by atoms with Crippen LogP contribution in [0.15, 0.2) is 35.9 Å². The molecule has 0 spiro atoms. The smallest absolute Gasteiger partial charge is 0.224 e. The lowest BCUT2D eigenvalue weighted by molar-refractivity contribution is -0.470. The molecule has 0 aliphatic heterocycles. The third kappa shape index (κ3) is 9.86. The van der Waals surface area contributed by atoms with E-state index in [0.29, 0.717) is 16.3 Å². The van der Waals surface area contributed by atoms with Gasteiger partial charge in [-0.15, -0.1) is 0 Å². The van der Waals surface area contributed by atoms with E-state index >= 15 is 0 Å². The molecule has 0 bridgehead atoms. The van der Waals surface area contributed by atoms with Crippen LogP contribution in [0.25, 0.3) is 0 Å². The summed E-state index contributed by atoms with van der Waals surface area (Å²) in [6, 6.07) is 6.29. The molecule has 110 valence electrons. The minimum absolute atomic E-state index is 0.125. The van der Waals surface area contributed by atoms with Crippen LogP contribution in [-0.2, 0) is 0 Å². The van der Waals surface area contributed by atoms with E-state index in [-0.39, 0.29) is 13.2 Å². The predicted octanol–water partition coefficient (Wildman–Crippen LogP) is 1.30. The van der Waals surface area contributed by atoms with Gasteiger partial charge in [-0.05, 0) is 36.8 Å². The molecule has 20 heavy (non-hydrogen) atoms. The highest BCUT2D eigenvalue weighted by Crippen LogP contribution is 2.12. The molecular formula is C12H14ClN2O5-. The Morgan fingerprint density at radius 1 is 1.45 bits per heavy atom. The van der Waals surface area contributed by atoms with E-state index in [4.69, 9.17) is 16.7 Å². The van der Waals surface area contributed by atoms with E-state index in [9.17, 15) is 20.0 Å². The maximum Gasteiger partial charge on any atom is 0.224 e. The number of hydrogen-bond acceptors (Lipinski definition) is 5. The number of benzene rings is 1. The maximum absolute atomic E-state index is 10.00. The molecule has 0 atom stereocenters. The number of amides is 1. The minimum atomic E-state index is -1.33. The van der Waals surface area contributed by atoms with Crippen molar-refractivity contribution in [1.82, 2.24) is 0 Å². The fourth-order valence-electron chi connectivity index (χ4n) is 1.08. The normalized spacial score (nSPS) is 10.2. The van der Waals surface area contributed by atoms with Gasteiger partial charge < -0.3 is 20.3 Å². The van der Waals surface area contributed by atoms with Crippen molar-refractivity contribution in [3.05, 3.63) is 51.1 Å². The summed E-state index contributed by atoms with van der Waals surface area (Å²) in [5, 5.41) is 30.7. The monoisotopic (exact) mass is 301 g/mol. The molecule has 0 radical (unpaired) electrons. The summed E-state index contributed by atoms with van der Waals surface area (Å²) >= 11 is 5.56. The molecule has 8 heteroatoms. The number of nitrogens with one attached hydrogen (secondary N) is 1. The Kier molecular flexibility index (Phi) is 8.73. The third-order valence-corrected chi connectivity index (χ3v) is 2.16. The Hall–Kier alpha value is -2.12. The lowest BCUT2D eigenvalue weighted by Crippen LogP contribution is -2.28. The number of nitro groups is 1. The van der Waals surface area contributed by atoms with Crippen molar-refractivity contribution < 1.29 is 19.9 Å². The Morgan fingerprint density at radius 2 is 2.00 bits per heavy atom. The fraction of sp³-hybridized carbons (Fsp3) is 0.250. The Morgan fingerprint density at radius 3 is 2.40 bits per heavy atom. The average molecular weight is 302 g/mol. The fourth-order valence-corrected chi connectivity index (χ4v) is 1.20. The van der Waals surface area contributed by atoms with Crippen LogP contribution >= 0.6 is 11.6 Å². The first-order valence-corrected chi connectivity index (χ1v) is 5.84. The van der Waals surface area contributed by atoms with Crippen molar-refractivity contribution in [3.8, 4) is 0 Å². The van der Waals surface area contributed by atoms with Crippen molar-refractivity contribution in [1.29, 1.82) is 0 Å². The van der Waals surface area contributed by atoms with Gasteiger partial charge in [0, 0.05) is 15.6 Å². The third-order valence-electron chi connectivity index (χ3n) is 1.91. The van der Waals surface area contributed by atoms with Crippen LogP contribution in [0.1, 0.15) is 6.92 Å². The predicted molar refractivity (Wildman–Crippen MR) is 73.2 cm³/mol. The highest BCUT2D eigenvalue weighted by atomic mass is 35.5. The highest BCUT2D eigenvalue weighted by Gasteiger charge is 1.96. The standard InChI is InChI=1S/C7H6ClNO2.C5H9NO3/c8-5-1-3-6(4-2-5)9-7(10)11;1-5(2-3-7)4-6(8)9/h1-4,9H,(H,10,11);2,7H,3-4H2,1H3/p-1. The summed E-state index contributed by atoms with van der Waals surface area (Å²) in [6.07, 6.45) is 0.0929. The van der Waals surface area contributed by atoms with Gasteiger partial charge >= 0.3 is 0 Å². The van der Waals surface area contributed by atoms with Crippen LogP contribution < -0.4 is 10.4 Å². The van der Waals surface area contributed by atoms with E-state index < -0.39 is 11.0 Å². The zero-order valence-corrected chi connectivity index (χ0v) is 11.5. The number of anilines is 1. The molecule has 0 heterocycles. The van der Waals surface area contributed by atoms with Gasteiger partial charge in [-0.2, -0.15) is 0 Å². The van der Waals surface area contributed by atoms with Gasteiger partial charge in [0.2, 0.25) is 6.54 Å². The van der Waals surface area contributed by atoms with E-state index in [1.165, 1.54) is 6.08 Å². The zero-order valence-electron chi connectivity index (χ0n) is 10.7. The number of aliphatic hydroxyl groups is 1. The molecule has 0 saturated heterocycles. The highest BCUT2D eigenvalue weighted by molar-refractivity contribution is 6.30. The zero-order chi connectivity index (χ0) is 15.5. The quantitative estimate of drug-likeness (QED) is 0.494. The van der Waals surface area contributed by atoms with Crippen molar-refractivity contribution in [3.63, 3.8) is 0 Å². The Balaban J connectivity index is 0.000000370. The molecule has 0 aromatic heterocycles. The van der Waals surface area contributed by atoms with E-state index in [0.717, 1.165) is 0 Å². The first-order valence-electron chi connectivity index (χ1n) is 5.47. The number of aliphatic hydroxyl groups excluding tert-OH is 1. The van der Waals surface area contributed by atoms with Gasteiger partial charge in [-0.3, -0.25) is 10.1 Å². The molecule has 0 aliphatic rings. The molecule has 0 fully saturated rings. The van der Waals surface area contributed by atoms with Gasteiger partial charge in [-0.1, -0.05) is 17.7 Å². The molecule has 0 saturated carbocycles. The second kappa shape index (κ2) is 9.76. The molecule has 1 aromatic rings. The second-order valence-corrected chi connectivity index (χ2v) is 4.08. The molecule has 0 aliphatic carbocycles. The summed E-state index contributed by atoms with van der Waals surface area (Å²) < 4.78 is 0. The first-order chi connectivity index (χ1) is 9.35. The van der Waals surface area contributed by atoms with Crippen molar-refractivity contribution >= 4 is 23.4 Å². The maximum atomic E-state index is 10.00. The van der Waals surface area contributed by atoms with Crippen LogP contribution in [-0.4, -0.2) is 29.3 Å². The lowest BCUT2D eigenvalue weighted by atomic mass is 10.3. The molecular weight excluding hydrogens is 288 g/mol. The molecule has 2 N–H and O–H groups in total. The Bertz CT molecular complexity index is 473. The van der Waals surface area contributed by atoms with Crippen molar-refractivity contribution in [2.75, 3.05) is 18.5 Å². The van der Waals surface area contributed by atoms with Crippen LogP contribution in [0, 0.1) is 10.1 Å². The van der Waals surface area contributed by atoms with Crippen LogP contribution in [0.2, 0.25) is 5.02 Å². The van der Waals surface area contributed by atoms with Crippen LogP contribution in [0.5, 0.6) is 0 Å². The van der Waals surface area contributed by atoms with Gasteiger partial charge in [-0.25, -0.2) is 0 Å². The molecule has 1 aromatic carbocycles. The number of rotatable bonds is 4. The summed E-state index contributed by atoms with van der Waals surface area (Å²) in [5.41, 5.74) is 1.04. The average Bonchev–Trinajstić information content (AvgIpc) is 2.31. The minimum Gasteiger partial charge on any atom is -0.530 e. The SMILES string of the molecule is CC(=CCO)C[N+](=O)[O-].O=C([O-])Nc1ccc(Cl)cc1. The lowest BCUT2D eigenvalue weighted by Gasteiger charge is -2.04. The van der Waals surface area contributed by atoms with Gasteiger partial charge in [0.15, 0.2) is 0 Å². The van der Waals surface area contributed by atoms with Crippen molar-refractivity contribution in [2.24, 2.45) is 0 Å². The van der Waals surface area contributed by atoms with E-state index in [1.807, 2.05) is 0 Å². The van der Waals surface area contributed by atoms with Crippen LogP contribution in [0.3, 0.4) is 0 Å². The number of carboxylic acid groups (broad SMARTS) is 1. The van der Waals surface area contributed by atoms with Crippen LogP contribution in [0.4, 0.5) is 10.5 Å². The summed E-state index contributed by atoms with van der Waals surface area (Å²) in [6.45, 7) is 1.30. The number of hydrogen-bond donors (Lipinski definition) is 2. The Labute approximate surface area is 120 Å². The van der Waals surface area contributed by atoms with E-state index in [2.05, 4.69) is 5.32 Å². The summed E-state index contributed by atoms with van der Waals surface area (Å²) in [5.74, 6) is 0. The number of halogens is 1. The summed E-state index contributed by atoms with van der Waals surface area (Å²) in [7, 11) is 0. The molecule has 7 nitrogen and oxygen atoms in total. The van der Waals surface area contributed by atoms with Gasteiger partial charge in [0.25, 0.3) is 0 Å². The van der Waals surface area contributed by atoms with Crippen molar-refractivity contribution in [2.45, 2.75) is 6.92 Å². The number of carbonyl (C=O) groups excluding carboxylic acids is 1. The van der Waals surface area contributed by atoms with Gasteiger partial charge in [0.05, 0.1) is 6.61 Å². The first kappa shape index (κ1) is 17.9. The second-order valence-electron chi connectivity index (χ2n) is 3.64. The van der Waals surface area contributed by atoms with Gasteiger partial charge in [0.1, 0.15) is 6.09 Å². The topological polar surface area (TPSA) is 116 Å². The number of nitrogens with zero attached hydrogens (tertiary/aromatic N) is 1. The summed E-state index contributed by atoms with van der Waals surface area (Å²) in [4.78, 5) is 19.3. The molecule has 0 unspecified atom stereocenters. The largest absolute Gasteiger partial charge is 0.530 e. The molecule has 1 amide bonds.